The van der Waals surface area contributed by atoms with E-state index in [-0.39, 0.29) is 0 Å². The molecule has 2 aromatic rings. The molecule has 0 aliphatic heterocycles. The van der Waals surface area contributed by atoms with Gasteiger partial charge in [0.15, 0.2) is 0 Å². The van der Waals surface area contributed by atoms with Crippen LogP contribution in [0.4, 0.5) is 5.82 Å². The topological polar surface area (TPSA) is 16.1 Å². The van der Waals surface area contributed by atoms with Crippen molar-refractivity contribution in [3.63, 3.8) is 0 Å². The number of fused-ring (bicyclic) bond motifs is 1. The van der Waals surface area contributed by atoms with Crippen molar-refractivity contribution in [3.8, 4) is 0 Å². The third kappa shape index (κ3) is 3.02. The highest BCUT2D eigenvalue weighted by Gasteiger charge is 2.10. The van der Waals surface area contributed by atoms with Gasteiger partial charge in [-0.25, -0.2) is 4.98 Å². The number of unbranched alkanes of at least 4 members (excludes halogenated alkanes) is 1. The molecule has 0 amide bonds. The second-order valence-corrected chi connectivity index (χ2v) is 5.18. The molecule has 0 fully saturated rings. The van der Waals surface area contributed by atoms with Crippen molar-refractivity contribution in [2.24, 2.45) is 0 Å². The first-order chi connectivity index (χ1) is 8.86. The molecule has 1 aromatic carbocycles. The van der Waals surface area contributed by atoms with E-state index in [1.807, 2.05) is 6.20 Å². The minimum Gasteiger partial charge on any atom is -0.355 e. The summed E-state index contributed by atoms with van der Waals surface area (Å²) in [5.41, 5.74) is 0. The third-order valence-corrected chi connectivity index (χ3v) is 3.44. The number of aromatic nitrogens is 1. The van der Waals surface area contributed by atoms with Crippen LogP contribution >= 0.6 is 15.9 Å². The van der Waals surface area contributed by atoms with E-state index in [9.17, 15) is 0 Å². The summed E-state index contributed by atoms with van der Waals surface area (Å²) in [5.74, 6) is 1.11. The standard InChI is InChI=1S/C15H19BrN2/c1-2-3-11-18(12-9-16)15-14-7-5-4-6-13(14)8-10-17-15/h4-8,10H,2-3,9,11-12H2,1H3. The summed E-state index contributed by atoms with van der Waals surface area (Å²) in [6.07, 6.45) is 4.33. The van der Waals surface area contributed by atoms with Gasteiger partial charge in [-0.05, 0) is 17.9 Å². The SMILES string of the molecule is CCCCN(CCBr)c1nccc2ccccc12. The monoisotopic (exact) mass is 306 g/mol. The third-order valence-electron chi connectivity index (χ3n) is 3.09. The molecule has 0 aliphatic carbocycles. The lowest BCUT2D eigenvalue weighted by Gasteiger charge is -2.24. The lowest BCUT2D eigenvalue weighted by Crippen LogP contribution is -2.27. The van der Waals surface area contributed by atoms with Crippen LogP contribution in [-0.4, -0.2) is 23.4 Å². The zero-order valence-corrected chi connectivity index (χ0v) is 12.4. The highest BCUT2D eigenvalue weighted by Crippen LogP contribution is 2.24. The van der Waals surface area contributed by atoms with E-state index in [0.29, 0.717) is 0 Å². The van der Waals surface area contributed by atoms with Gasteiger partial charge in [0.25, 0.3) is 0 Å². The molecular formula is C15H19BrN2. The number of hydrogen-bond acceptors (Lipinski definition) is 2. The fourth-order valence-corrected chi connectivity index (χ4v) is 2.56. The maximum Gasteiger partial charge on any atom is 0.136 e. The van der Waals surface area contributed by atoms with Crippen LogP contribution in [0.15, 0.2) is 36.5 Å². The minimum atomic E-state index is 0.974. The Morgan fingerprint density at radius 2 is 2.00 bits per heavy atom. The van der Waals surface area contributed by atoms with Gasteiger partial charge in [0.05, 0.1) is 0 Å². The van der Waals surface area contributed by atoms with Crippen molar-refractivity contribution in [1.82, 2.24) is 4.98 Å². The van der Waals surface area contributed by atoms with Crippen LogP contribution < -0.4 is 4.90 Å². The average molecular weight is 307 g/mol. The minimum absolute atomic E-state index is 0.974. The Hall–Kier alpha value is -1.09. The molecule has 2 rings (SSSR count). The first kappa shape index (κ1) is 13.3. The van der Waals surface area contributed by atoms with Crippen LogP contribution in [0.25, 0.3) is 10.8 Å². The molecule has 1 aromatic heterocycles. The van der Waals surface area contributed by atoms with Crippen LogP contribution in [0.2, 0.25) is 0 Å². The number of halogens is 1. The van der Waals surface area contributed by atoms with Crippen molar-refractivity contribution in [3.05, 3.63) is 36.5 Å². The quantitative estimate of drug-likeness (QED) is 0.742. The van der Waals surface area contributed by atoms with Crippen molar-refractivity contribution >= 4 is 32.5 Å². The molecule has 18 heavy (non-hydrogen) atoms. The zero-order valence-electron chi connectivity index (χ0n) is 10.8. The van der Waals surface area contributed by atoms with Crippen molar-refractivity contribution in [2.75, 3.05) is 23.3 Å². The van der Waals surface area contributed by atoms with E-state index in [4.69, 9.17) is 0 Å². The maximum absolute atomic E-state index is 4.58. The Kier molecular flexibility index (Phi) is 5.00. The molecule has 0 saturated heterocycles. The molecule has 0 aliphatic rings. The van der Waals surface area contributed by atoms with E-state index in [0.717, 1.165) is 24.2 Å². The highest BCUT2D eigenvalue weighted by atomic mass is 79.9. The van der Waals surface area contributed by atoms with Gasteiger partial charge in [0.2, 0.25) is 0 Å². The Morgan fingerprint density at radius 1 is 1.17 bits per heavy atom. The molecule has 96 valence electrons. The molecule has 0 spiro atoms. The number of alkyl halides is 1. The highest BCUT2D eigenvalue weighted by molar-refractivity contribution is 9.09. The summed E-state index contributed by atoms with van der Waals surface area (Å²) in [4.78, 5) is 6.96. The fourth-order valence-electron chi connectivity index (χ4n) is 2.13. The number of benzene rings is 1. The van der Waals surface area contributed by atoms with Gasteiger partial charge in [-0.3, -0.25) is 0 Å². The predicted octanol–water partition coefficient (Wildman–Crippen LogP) is 4.24. The van der Waals surface area contributed by atoms with E-state index < -0.39 is 0 Å². The molecular weight excluding hydrogens is 288 g/mol. The van der Waals surface area contributed by atoms with E-state index in [1.165, 1.54) is 23.6 Å². The molecule has 2 nitrogen and oxygen atoms in total. The van der Waals surface area contributed by atoms with Gasteiger partial charge in [-0.1, -0.05) is 53.5 Å². The predicted molar refractivity (Wildman–Crippen MR) is 82.7 cm³/mol. The van der Waals surface area contributed by atoms with Crippen LogP contribution in [0.1, 0.15) is 19.8 Å². The fraction of sp³-hybridized carbons (Fsp3) is 0.400. The van der Waals surface area contributed by atoms with Gasteiger partial charge in [0, 0.05) is 30.0 Å². The van der Waals surface area contributed by atoms with Crippen molar-refractivity contribution in [2.45, 2.75) is 19.8 Å². The molecule has 0 bridgehead atoms. The maximum atomic E-state index is 4.58. The summed E-state index contributed by atoms with van der Waals surface area (Å²) in [6.45, 7) is 4.30. The second kappa shape index (κ2) is 6.74. The summed E-state index contributed by atoms with van der Waals surface area (Å²) in [6, 6.07) is 10.5. The zero-order chi connectivity index (χ0) is 12.8. The summed E-state index contributed by atoms with van der Waals surface area (Å²) in [7, 11) is 0. The largest absolute Gasteiger partial charge is 0.355 e. The number of nitrogens with zero attached hydrogens (tertiary/aromatic N) is 2. The Balaban J connectivity index is 2.36. The van der Waals surface area contributed by atoms with Gasteiger partial charge >= 0.3 is 0 Å². The van der Waals surface area contributed by atoms with Crippen molar-refractivity contribution < 1.29 is 0 Å². The van der Waals surface area contributed by atoms with Crippen molar-refractivity contribution in [1.29, 1.82) is 0 Å². The number of anilines is 1. The molecule has 1 heterocycles. The van der Waals surface area contributed by atoms with Crippen LogP contribution in [0.3, 0.4) is 0 Å². The van der Waals surface area contributed by atoms with Crippen LogP contribution in [0.5, 0.6) is 0 Å². The van der Waals surface area contributed by atoms with Gasteiger partial charge in [-0.2, -0.15) is 0 Å². The first-order valence-corrected chi connectivity index (χ1v) is 7.63. The number of hydrogen-bond donors (Lipinski definition) is 0. The van der Waals surface area contributed by atoms with E-state index >= 15 is 0 Å². The molecule has 0 unspecified atom stereocenters. The number of rotatable bonds is 6. The summed E-state index contributed by atoms with van der Waals surface area (Å²) >= 11 is 3.53. The summed E-state index contributed by atoms with van der Waals surface area (Å²) in [5, 5.41) is 3.48. The van der Waals surface area contributed by atoms with E-state index in [1.54, 1.807) is 0 Å². The normalized spacial score (nSPS) is 10.8. The van der Waals surface area contributed by atoms with E-state index in [2.05, 4.69) is 63.1 Å². The van der Waals surface area contributed by atoms with Gasteiger partial charge in [0.1, 0.15) is 5.82 Å². The molecule has 3 heteroatoms. The molecule has 0 atom stereocenters. The lowest BCUT2D eigenvalue weighted by molar-refractivity contribution is 0.730. The Bertz CT molecular complexity index is 493. The Labute approximate surface area is 117 Å². The van der Waals surface area contributed by atoms with Crippen LogP contribution in [0, 0.1) is 0 Å². The molecule has 0 radical (unpaired) electrons. The summed E-state index contributed by atoms with van der Waals surface area (Å²) < 4.78 is 0. The Morgan fingerprint density at radius 3 is 2.78 bits per heavy atom. The lowest BCUT2D eigenvalue weighted by atomic mass is 10.1. The van der Waals surface area contributed by atoms with Gasteiger partial charge < -0.3 is 4.90 Å². The second-order valence-electron chi connectivity index (χ2n) is 4.39. The average Bonchev–Trinajstić information content (AvgIpc) is 2.43. The smallest absolute Gasteiger partial charge is 0.136 e. The first-order valence-electron chi connectivity index (χ1n) is 6.51. The van der Waals surface area contributed by atoms with Gasteiger partial charge in [-0.15, -0.1) is 0 Å². The molecule has 0 N–H and O–H groups in total. The number of pyridine rings is 1. The molecule has 0 saturated carbocycles. The van der Waals surface area contributed by atoms with Crippen LogP contribution in [-0.2, 0) is 0 Å².